The van der Waals surface area contributed by atoms with E-state index in [1.165, 1.54) is 0 Å². The molecule has 134 valence electrons. The summed E-state index contributed by atoms with van der Waals surface area (Å²) >= 11 is 0. The Morgan fingerprint density at radius 3 is 2.37 bits per heavy atom. The standard InChI is InChI=1S/C22H19N3O2/c1-26-21-12-17-19(24-14-25-20(17)13-22(21)27-2)11-15-8-9-23-18(10-15)16-6-4-3-5-7-16/h3-10,12-14H,11H2,1-2H3. The van der Waals surface area contributed by atoms with Crippen LogP contribution in [0.4, 0.5) is 0 Å². The lowest BCUT2D eigenvalue weighted by Crippen LogP contribution is -1.98. The van der Waals surface area contributed by atoms with Gasteiger partial charge in [0.05, 0.1) is 31.1 Å². The minimum Gasteiger partial charge on any atom is -0.493 e. The summed E-state index contributed by atoms with van der Waals surface area (Å²) in [5.41, 5.74) is 4.95. The van der Waals surface area contributed by atoms with E-state index in [0.717, 1.165) is 33.4 Å². The highest BCUT2D eigenvalue weighted by Gasteiger charge is 2.12. The number of methoxy groups -OCH3 is 2. The molecular formula is C22H19N3O2. The Labute approximate surface area is 157 Å². The minimum atomic E-state index is 0.657. The van der Waals surface area contributed by atoms with E-state index in [2.05, 4.69) is 33.2 Å². The van der Waals surface area contributed by atoms with Gasteiger partial charge in [-0.15, -0.1) is 0 Å². The maximum absolute atomic E-state index is 5.44. The first kappa shape index (κ1) is 17.0. The molecular weight excluding hydrogens is 338 g/mol. The molecule has 0 saturated heterocycles. The molecule has 0 aliphatic carbocycles. The molecule has 0 saturated carbocycles. The van der Waals surface area contributed by atoms with Gasteiger partial charge in [-0.05, 0) is 23.8 Å². The van der Waals surface area contributed by atoms with Gasteiger partial charge in [0.2, 0.25) is 0 Å². The number of hydrogen-bond acceptors (Lipinski definition) is 5. The number of fused-ring (bicyclic) bond motifs is 1. The summed E-state index contributed by atoms with van der Waals surface area (Å²) in [7, 11) is 3.25. The number of rotatable bonds is 5. The van der Waals surface area contributed by atoms with Crippen LogP contribution in [0.15, 0.2) is 67.1 Å². The third-order valence-electron chi connectivity index (χ3n) is 4.49. The zero-order valence-corrected chi connectivity index (χ0v) is 15.2. The molecule has 0 aliphatic heterocycles. The van der Waals surface area contributed by atoms with Crippen molar-refractivity contribution in [3.05, 3.63) is 78.4 Å². The highest BCUT2D eigenvalue weighted by atomic mass is 16.5. The number of pyridine rings is 1. The second-order valence-electron chi connectivity index (χ2n) is 6.14. The van der Waals surface area contributed by atoms with Crippen LogP contribution in [-0.2, 0) is 6.42 Å². The van der Waals surface area contributed by atoms with Crippen molar-refractivity contribution in [3.8, 4) is 22.8 Å². The average Bonchev–Trinajstić information content (AvgIpc) is 2.74. The van der Waals surface area contributed by atoms with Crippen LogP contribution >= 0.6 is 0 Å². The number of nitrogens with zero attached hydrogens (tertiary/aromatic N) is 3. The summed E-state index contributed by atoms with van der Waals surface area (Å²) in [5.74, 6) is 1.32. The molecule has 0 amide bonds. The predicted octanol–water partition coefficient (Wildman–Crippen LogP) is 4.30. The molecule has 0 fully saturated rings. The zero-order valence-electron chi connectivity index (χ0n) is 15.2. The van der Waals surface area contributed by atoms with Gasteiger partial charge in [-0.25, -0.2) is 9.97 Å². The first-order valence-corrected chi connectivity index (χ1v) is 8.64. The predicted molar refractivity (Wildman–Crippen MR) is 105 cm³/mol. The quantitative estimate of drug-likeness (QED) is 0.533. The molecule has 0 N–H and O–H groups in total. The third kappa shape index (κ3) is 3.44. The third-order valence-corrected chi connectivity index (χ3v) is 4.49. The lowest BCUT2D eigenvalue weighted by molar-refractivity contribution is 0.355. The Bertz CT molecular complexity index is 1080. The van der Waals surface area contributed by atoms with Crippen LogP contribution in [0.25, 0.3) is 22.2 Å². The first-order chi connectivity index (χ1) is 13.3. The number of hydrogen-bond donors (Lipinski definition) is 0. The number of benzene rings is 2. The van der Waals surface area contributed by atoms with Gasteiger partial charge in [0.15, 0.2) is 11.5 Å². The van der Waals surface area contributed by atoms with E-state index in [-0.39, 0.29) is 0 Å². The molecule has 27 heavy (non-hydrogen) atoms. The van der Waals surface area contributed by atoms with Gasteiger partial charge in [-0.2, -0.15) is 0 Å². The van der Waals surface area contributed by atoms with Crippen molar-refractivity contribution in [3.63, 3.8) is 0 Å². The highest BCUT2D eigenvalue weighted by Crippen LogP contribution is 2.32. The topological polar surface area (TPSA) is 57.1 Å². The van der Waals surface area contributed by atoms with Crippen LogP contribution in [-0.4, -0.2) is 29.2 Å². The Kier molecular flexibility index (Phi) is 4.66. The van der Waals surface area contributed by atoms with Crippen LogP contribution in [0.2, 0.25) is 0 Å². The Balaban J connectivity index is 1.74. The molecule has 0 bridgehead atoms. The van der Waals surface area contributed by atoms with Crippen molar-refractivity contribution >= 4 is 10.9 Å². The molecule has 0 radical (unpaired) electrons. The summed E-state index contributed by atoms with van der Waals surface area (Å²) in [4.78, 5) is 13.4. The summed E-state index contributed by atoms with van der Waals surface area (Å²) in [5, 5.41) is 0.952. The van der Waals surface area contributed by atoms with Gasteiger partial charge in [0.1, 0.15) is 6.33 Å². The van der Waals surface area contributed by atoms with Crippen LogP contribution in [0.3, 0.4) is 0 Å². The minimum absolute atomic E-state index is 0.657. The molecule has 5 heteroatoms. The van der Waals surface area contributed by atoms with Gasteiger partial charge < -0.3 is 9.47 Å². The van der Waals surface area contributed by atoms with Crippen LogP contribution in [0, 0.1) is 0 Å². The van der Waals surface area contributed by atoms with E-state index >= 15 is 0 Å². The number of ether oxygens (including phenoxy) is 2. The Hall–Kier alpha value is -3.47. The molecule has 2 aromatic carbocycles. The second-order valence-corrected chi connectivity index (χ2v) is 6.14. The molecule has 5 nitrogen and oxygen atoms in total. The average molecular weight is 357 g/mol. The fourth-order valence-corrected chi connectivity index (χ4v) is 3.12. The molecule has 0 unspecified atom stereocenters. The molecule has 0 aliphatic rings. The van der Waals surface area contributed by atoms with Gasteiger partial charge in [-0.3, -0.25) is 4.98 Å². The molecule has 0 atom stereocenters. The Morgan fingerprint density at radius 1 is 0.815 bits per heavy atom. The van der Waals surface area contributed by atoms with Crippen molar-refractivity contribution < 1.29 is 9.47 Å². The summed E-state index contributed by atoms with van der Waals surface area (Å²) < 4.78 is 10.8. The number of aromatic nitrogens is 3. The van der Waals surface area contributed by atoms with Crippen molar-refractivity contribution in [2.45, 2.75) is 6.42 Å². The van der Waals surface area contributed by atoms with Gasteiger partial charge in [-0.1, -0.05) is 30.3 Å². The van der Waals surface area contributed by atoms with Crippen LogP contribution in [0.5, 0.6) is 11.5 Å². The highest BCUT2D eigenvalue weighted by molar-refractivity contribution is 5.84. The Morgan fingerprint density at radius 2 is 1.59 bits per heavy atom. The smallest absolute Gasteiger partial charge is 0.162 e. The van der Waals surface area contributed by atoms with E-state index in [1.807, 2.05) is 42.6 Å². The van der Waals surface area contributed by atoms with Crippen molar-refractivity contribution in [2.24, 2.45) is 0 Å². The lowest BCUT2D eigenvalue weighted by atomic mass is 10.0. The normalized spacial score (nSPS) is 10.7. The van der Waals surface area contributed by atoms with Crippen molar-refractivity contribution in [1.29, 1.82) is 0 Å². The van der Waals surface area contributed by atoms with E-state index in [9.17, 15) is 0 Å². The summed E-state index contributed by atoms with van der Waals surface area (Å²) in [6.45, 7) is 0. The van der Waals surface area contributed by atoms with E-state index in [4.69, 9.17) is 9.47 Å². The van der Waals surface area contributed by atoms with Crippen molar-refractivity contribution in [1.82, 2.24) is 15.0 Å². The van der Waals surface area contributed by atoms with Gasteiger partial charge >= 0.3 is 0 Å². The summed E-state index contributed by atoms with van der Waals surface area (Å²) in [6.07, 6.45) is 4.10. The van der Waals surface area contributed by atoms with Crippen LogP contribution in [0.1, 0.15) is 11.3 Å². The van der Waals surface area contributed by atoms with Gasteiger partial charge in [0, 0.05) is 29.6 Å². The molecule has 0 spiro atoms. The maximum atomic E-state index is 5.44. The lowest BCUT2D eigenvalue weighted by Gasteiger charge is -2.11. The fourth-order valence-electron chi connectivity index (χ4n) is 3.12. The second kappa shape index (κ2) is 7.41. The van der Waals surface area contributed by atoms with Crippen molar-refractivity contribution in [2.75, 3.05) is 14.2 Å². The maximum Gasteiger partial charge on any atom is 0.162 e. The van der Waals surface area contributed by atoms with Crippen LogP contribution < -0.4 is 9.47 Å². The van der Waals surface area contributed by atoms with E-state index < -0.39 is 0 Å². The van der Waals surface area contributed by atoms with Gasteiger partial charge in [0.25, 0.3) is 0 Å². The largest absolute Gasteiger partial charge is 0.493 e. The van der Waals surface area contributed by atoms with E-state index in [0.29, 0.717) is 17.9 Å². The first-order valence-electron chi connectivity index (χ1n) is 8.64. The SMILES string of the molecule is COc1cc2ncnc(Cc3ccnc(-c4ccccc4)c3)c2cc1OC. The molecule has 2 aromatic heterocycles. The molecule has 4 aromatic rings. The zero-order chi connectivity index (χ0) is 18.6. The fraction of sp³-hybridized carbons (Fsp3) is 0.136. The monoisotopic (exact) mass is 357 g/mol. The summed E-state index contributed by atoms with van der Waals surface area (Å²) in [6, 6.07) is 18.1. The molecule has 4 rings (SSSR count). The van der Waals surface area contributed by atoms with E-state index in [1.54, 1.807) is 20.5 Å². The molecule has 2 heterocycles.